The van der Waals surface area contributed by atoms with Gasteiger partial charge in [0.15, 0.2) is 0 Å². The molecule has 18 heavy (non-hydrogen) atoms. The van der Waals surface area contributed by atoms with Crippen LogP contribution in [0.5, 0.6) is 0 Å². The second-order valence-corrected chi connectivity index (χ2v) is 4.10. The summed E-state index contributed by atoms with van der Waals surface area (Å²) in [6.07, 6.45) is 0. The molecular weight excluding hydrogens is 228 g/mol. The lowest BCUT2D eigenvalue weighted by atomic mass is 10.1. The molecule has 6 nitrogen and oxygen atoms in total. The van der Waals surface area contributed by atoms with Crippen molar-refractivity contribution in [3.63, 3.8) is 0 Å². The highest BCUT2D eigenvalue weighted by atomic mass is 15.1. The number of hydrogen-bond donors (Lipinski definition) is 3. The van der Waals surface area contributed by atoms with Crippen molar-refractivity contribution in [2.45, 2.75) is 6.92 Å². The predicted molar refractivity (Wildman–Crippen MR) is 70.7 cm³/mol. The molecule has 0 atom stereocenters. The van der Waals surface area contributed by atoms with Gasteiger partial charge in [-0.25, -0.2) is 4.98 Å². The summed E-state index contributed by atoms with van der Waals surface area (Å²) < 4.78 is 0. The van der Waals surface area contributed by atoms with Gasteiger partial charge >= 0.3 is 0 Å². The molecule has 0 amide bonds. The van der Waals surface area contributed by atoms with E-state index >= 15 is 0 Å². The highest BCUT2D eigenvalue weighted by molar-refractivity contribution is 6.00. The van der Waals surface area contributed by atoms with Crippen LogP contribution in [0.3, 0.4) is 0 Å². The number of aromatic nitrogens is 4. The first-order chi connectivity index (χ1) is 8.65. The maximum atomic E-state index is 5.93. The molecule has 5 N–H and O–H groups in total. The number of rotatable bonds is 1. The van der Waals surface area contributed by atoms with Crippen molar-refractivity contribution in [3.8, 4) is 11.3 Å². The Morgan fingerprint density at radius 1 is 1.17 bits per heavy atom. The molecule has 0 fully saturated rings. The molecule has 0 bridgehead atoms. The van der Waals surface area contributed by atoms with Gasteiger partial charge in [-0.15, -0.1) is 0 Å². The van der Waals surface area contributed by atoms with E-state index < -0.39 is 0 Å². The van der Waals surface area contributed by atoms with Crippen LogP contribution in [0.2, 0.25) is 0 Å². The van der Waals surface area contributed by atoms with Crippen LogP contribution >= 0.6 is 0 Å². The van der Waals surface area contributed by atoms with E-state index in [4.69, 9.17) is 11.5 Å². The molecule has 2 aromatic heterocycles. The minimum absolute atomic E-state index is 0.176. The Hall–Kier alpha value is -2.63. The predicted octanol–water partition coefficient (Wildman–Crippen LogP) is 1.49. The zero-order chi connectivity index (χ0) is 12.7. The minimum atomic E-state index is 0.176. The van der Waals surface area contributed by atoms with Gasteiger partial charge in [0, 0.05) is 11.3 Å². The van der Waals surface area contributed by atoms with Gasteiger partial charge in [-0.2, -0.15) is 10.1 Å². The number of hydrogen-bond acceptors (Lipinski definition) is 5. The molecule has 90 valence electrons. The van der Waals surface area contributed by atoms with Crippen molar-refractivity contribution in [2.75, 3.05) is 11.5 Å². The molecule has 0 unspecified atom stereocenters. The third kappa shape index (κ3) is 1.55. The first-order valence-electron chi connectivity index (χ1n) is 5.49. The Morgan fingerprint density at radius 3 is 2.72 bits per heavy atom. The molecule has 6 heteroatoms. The van der Waals surface area contributed by atoms with Gasteiger partial charge in [-0.1, -0.05) is 12.1 Å². The molecule has 3 rings (SSSR count). The van der Waals surface area contributed by atoms with E-state index in [9.17, 15) is 0 Å². The third-order valence-electron chi connectivity index (χ3n) is 2.75. The lowest BCUT2D eigenvalue weighted by Crippen LogP contribution is -2.01. The Balaban J connectivity index is 2.36. The molecule has 0 saturated heterocycles. The maximum absolute atomic E-state index is 5.93. The molecule has 0 saturated carbocycles. The van der Waals surface area contributed by atoms with Crippen LogP contribution in [-0.4, -0.2) is 20.2 Å². The van der Waals surface area contributed by atoms with Crippen LogP contribution in [-0.2, 0) is 0 Å². The summed E-state index contributed by atoms with van der Waals surface area (Å²) in [7, 11) is 0. The summed E-state index contributed by atoms with van der Waals surface area (Å²) in [5, 5.41) is 7.91. The summed E-state index contributed by atoms with van der Waals surface area (Å²) in [6, 6.07) is 7.64. The molecule has 0 aliphatic carbocycles. The zero-order valence-corrected chi connectivity index (χ0v) is 9.81. The van der Waals surface area contributed by atoms with Gasteiger partial charge in [0.25, 0.3) is 0 Å². The summed E-state index contributed by atoms with van der Waals surface area (Å²) in [6.45, 7) is 1.94. The number of nitrogen functional groups attached to an aromatic ring is 2. The highest BCUT2D eigenvalue weighted by Crippen LogP contribution is 2.30. The molecule has 1 aromatic carbocycles. The van der Waals surface area contributed by atoms with Crippen molar-refractivity contribution in [1.82, 2.24) is 20.2 Å². The van der Waals surface area contributed by atoms with Gasteiger partial charge in [0.2, 0.25) is 5.95 Å². The quantitative estimate of drug-likeness (QED) is 0.597. The number of nitrogens with two attached hydrogens (primary N) is 2. The lowest BCUT2D eigenvalue weighted by molar-refractivity contribution is 1.05. The van der Waals surface area contributed by atoms with Crippen molar-refractivity contribution in [2.24, 2.45) is 0 Å². The topological polar surface area (TPSA) is 106 Å². The van der Waals surface area contributed by atoms with Gasteiger partial charge in [-0.3, -0.25) is 5.10 Å². The van der Waals surface area contributed by atoms with Crippen LogP contribution in [0.15, 0.2) is 24.3 Å². The van der Waals surface area contributed by atoms with Crippen LogP contribution in [0.4, 0.5) is 11.8 Å². The Bertz CT molecular complexity index is 731. The number of H-pyrrole nitrogens is 1. The van der Waals surface area contributed by atoms with Crippen molar-refractivity contribution in [3.05, 3.63) is 30.0 Å². The fraction of sp³-hybridized carbons (Fsp3) is 0.0833. The highest BCUT2D eigenvalue weighted by Gasteiger charge is 2.11. The van der Waals surface area contributed by atoms with E-state index in [-0.39, 0.29) is 5.95 Å². The molecule has 2 heterocycles. The number of aromatic amines is 1. The fourth-order valence-corrected chi connectivity index (χ4v) is 2.00. The van der Waals surface area contributed by atoms with Crippen LogP contribution in [0, 0.1) is 6.92 Å². The van der Waals surface area contributed by atoms with E-state index in [0.29, 0.717) is 5.82 Å². The smallest absolute Gasteiger partial charge is 0.222 e. The molecule has 0 spiro atoms. The van der Waals surface area contributed by atoms with Crippen molar-refractivity contribution in [1.29, 1.82) is 0 Å². The van der Waals surface area contributed by atoms with Gasteiger partial charge < -0.3 is 11.5 Å². The van der Waals surface area contributed by atoms with Gasteiger partial charge in [0.05, 0.1) is 16.6 Å². The normalized spacial score (nSPS) is 10.9. The zero-order valence-electron chi connectivity index (χ0n) is 9.81. The van der Waals surface area contributed by atoms with Crippen molar-refractivity contribution < 1.29 is 0 Å². The van der Waals surface area contributed by atoms with E-state index in [1.165, 1.54) is 0 Å². The molecule has 0 aliphatic heterocycles. The first kappa shape index (κ1) is 10.5. The standard InChI is InChI=1S/C12H12N6/c1-6-5-9(18-17-6)7-3-2-4-8-10(7)11(13)16-12(14)15-8/h2-5H,1H3,(H,17,18)(H4,13,14,15,16). The number of anilines is 2. The minimum Gasteiger partial charge on any atom is -0.383 e. The summed E-state index contributed by atoms with van der Waals surface area (Å²) in [4.78, 5) is 8.18. The summed E-state index contributed by atoms with van der Waals surface area (Å²) >= 11 is 0. The monoisotopic (exact) mass is 240 g/mol. The summed E-state index contributed by atoms with van der Waals surface area (Å²) in [5.41, 5.74) is 14.9. The Kier molecular flexibility index (Phi) is 2.16. The summed E-state index contributed by atoms with van der Waals surface area (Å²) in [5.74, 6) is 0.545. The number of nitrogens with zero attached hydrogens (tertiary/aromatic N) is 3. The van der Waals surface area contributed by atoms with Crippen LogP contribution in [0.25, 0.3) is 22.2 Å². The van der Waals surface area contributed by atoms with Gasteiger partial charge in [0.1, 0.15) is 5.82 Å². The maximum Gasteiger partial charge on any atom is 0.222 e. The number of benzene rings is 1. The average Bonchev–Trinajstić information content (AvgIpc) is 2.74. The van der Waals surface area contributed by atoms with Crippen LogP contribution in [0.1, 0.15) is 5.69 Å². The fourth-order valence-electron chi connectivity index (χ4n) is 2.00. The van der Waals surface area contributed by atoms with E-state index in [1.54, 1.807) is 0 Å². The van der Waals surface area contributed by atoms with Crippen molar-refractivity contribution >= 4 is 22.7 Å². The largest absolute Gasteiger partial charge is 0.383 e. The third-order valence-corrected chi connectivity index (χ3v) is 2.75. The molecule has 0 aliphatic rings. The van der Waals surface area contributed by atoms with E-state index in [1.807, 2.05) is 31.2 Å². The molecule has 0 radical (unpaired) electrons. The SMILES string of the molecule is Cc1cc(-c2cccc3nc(N)nc(N)c23)n[nH]1. The van der Waals surface area contributed by atoms with Gasteiger partial charge in [-0.05, 0) is 19.1 Å². The second-order valence-electron chi connectivity index (χ2n) is 4.10. The lowest BCUT2D eigenvalue weighted by Gasteiger charge is -2.06. The number of fused-ring (bicyclic) bond motifs is 1. The molecular formula is C12H12N6. The van der Waals surface area contributed by atoms with E-state index in [2.05, 4.69) is 20.2 Å². The Morgan fingerprint density at radius 2 is 2.00 bits per heavy atom. The van der Waals surface area contributed by atoms with E-state index in [0.717, 1.165) is 27.9 Å². The first-order valence-corrected chi connectivity index (χ1v) is 5.49. The number of aryl methyl sites for hydroxylation is 1. The second kappa shape index (κ2) is 3.69. The molecule has 3 aromatic rings. The van der Waals surface area contributed by atoms with Crippen LogP contribution < -0.4 is 11.5 Å². The average molecular weight is 240 g/mol. The Labute approximate surface area is 103 Å². The number of nitrogens with one attached hydrogen (secondary N) is 1.